The highest BCUT2D eigenvalue weighted by Gasteiger charge is 2.31. The van der Waals surface area contributed by atoms with Crippen molar-refractivity contribution in [2.45, 2.75) is 46.1 Å². The van der Waals surface area contributed by atoms with E-state index in [9.17, 15) is 4.79 Å². The molecule has 4 rings (SSSR count). The maximum atomic E-state index is 12.4. The van der Waals surface area contributed by atoms with Crippen molar-refractivity contribution in [3.05, 3.63) is 54.0 Å². The molecule has 0 aliphatic carbocycles. The van der Waals surface area contributed by atoms with Crippen molar-refractivity contribution in [1.82, 2.24) is 30.0 Å². The number of rotatable bonds is 10. The molecule has 0 bridgehead atoms. The topological polar surface area (TPSA) is 106 Å². The van der Waals surface area contributed by atoms with Crippen molar-refractivity contribution in [3.8, 4) is 11.3 Å². The Morgan fingerprint density at radius 1 is 1.26 bits per heavy atom. The Kier molecular flexibility index (Phi) is 7.94. The van der Waals surface area contributed by atoms with Gasteiger partial charge in [-0.15, -0.1) is 0 Å². The van der Waals surface area contributed by atoms with Crippen molar-refractivity contribution >= 4 is 17.7 Å². The second-order valence-corrected chi connectivity index (χ2v) is 8.89. The number of carbonyl (C=O) groups excluding carboxylic acids is 1. The molecule has 0 atom stereocenters. The smallest absolute Gasteiger partial charge is 0.317 e. The SMILES string of the molecule is COCCn1cc(Nc2nccc(-c3ccc(CNC(=O)N4CC(OC(C)C)C4)c(C)c3)n2)cn1. The van der Waals surface area contributed by atoms with Crippen LogP contribution in [0, 0.1) is 6.92 Å². The molecule has 1 saturated heterocycles. The fraction of sp³-hybridized carbons (Fsp3) is 0.440. The maximum Gasteiger partial charge on any atom is 0.317 e. The van der Waals surface area contributed by atoms with Crippen LogP contribution in [-0.2, 0) is 22.6 Å². The largest absolute Gasteiger partial charge is 0.383 e. The molecule has 1 aliphatic heterocycles. The zero-order valence-electron chi connectivity index (χ0n) is 20.7. The van der Waals surface area contributed by atoms with E-state index >= 15 is 0 Å². The van der Waals surface area contributed by atoms with Crippen LogP contribution in [0.5, 0.6) is 0 Å². The summed E-state index contributed by atoms with van der Waals surface area (Å²) in [6.45, 7) is 9.08. The van der Waals surface area contributed by atoms with Gasteiger partial charge >= 0.3 is 6.03 Å². The van der Waals surface area contributed by atoms with Crippen LogP contribution in [-0.4, -0.2) is 69.7 Å². The Morgan fingerprint density at radius 2 is 2.09 bits per heavy atom. The number of nitrogens with zero attached hydrogens (tertiary/aromatic N) is 5. The predicted octanol–water partition coefficient (Wildman–Crippen LogP) is 3.36. The third-order valence-corrected chi connectivity index (χ3v) is 5.74. The number of benzene rings is 1. The first-order chi connectivity index (χ1) is 16.9. The highest BCUT2D eigenvalue weighted by atomic mass is 16.5. The Hall–Kier alpha value is -3.50. The van der Waals surface area contributed by atoms with Gasteiger partial charge in [-0.3, -0.25) is 4.68 Å². The normalized spacial score (nSPS) is 13.7. The van der Waals surface area contributed by atoms with E-state index in [0.29, 0.717) is 38.7 Å². The molecular weight excluding hydrogens is 446 g/mol. The monoisotopic (exact) mass is 479 g/mol. The van der Waals surface area contributed by atoms with E-state index in [0.717, 1.165) is 28.1 Å². The summed E-state index contributed by atoms with van der Waals surface area (Å²) >= 11 is 0. The van der Waals surface area contributed by atoms with Gasteiger partial charge in [0.2, 0.25) is 5.95 Å². The average Bonchev–Trinajstić information content (AvgIpc) is 3.26. The lowest BCUT2D eigenvalue weighted by Gasteiger charge is -2.39. The molecule has 0 radical (unpaired) electrons. The maximum absolute atomic E-state index is 12.4. The number of hydrogen-bond acceptors (Lipinski definition) is 7. The molecule has 186 valence electrons. The Balaban J connectivity index is 1.33. The number of amides is 2. The van der Waals surface area contributed by atoms with E-state index in [1.165, 1.54) is 0 Å². The third-order valence-electron chi connectivity index (χ3n) is 5.74. The first-order valence-corrected chi connectivity index (χ1v) is 11.8. The fourth-order valence-corrected chi connectivity index (χ4v) is 3.86. The number of likely N-dealkylation sites (tertiary alicyclic amines) is 1. The number of methoxy groups -OCH3 is 1. The lowest BCUT2D eigenvalue weighted by atomic mass is 10.0. The Morgan fingerprint density at radius 3 is 2.83 bits per heavy atom. The van der Waals surface area contributed by atoms with E-state index in [2.05, 4.69) is 31.8 Å². The van der Waals surface area contributed by atoms with Crippen molar-refractivity contribution in [2.24, 2.45) is 0 Å². The zero-order chi connectivity index (χ0) is 24.8. The van der Waals surface area contributed by atoms with Gasteiger partial charge < -0.3 is 25.0 Å². The first kappa shape index (κ1) is 24.6. The van der Waals surface area contributed by atoms with Crippen LogP contribution < -0.4 is 10.6 Å². The average molecular weight is 480 g/mol. The Labute approximate surface area is 205 Å². The molecule has 35 heavy (non-hydrogen) atoms. The number of hydrogen-bond donors (Lipinski definition) is 2. The van der Waals surface area contributed by atoms with Gasteiger partial charge in [0.25, 0.3) is 0 Å². The van der Waals surface area contributed by atoms with Crippen LogP contribution in [0.4, 0.5) is 16.4 Å². The number of anilines is 2. The van der Waals surface area contributed by atoms with E-state index < -0.39 is 0 Å². The quantitative estimate of drug-likeness (QED) is 0.459. The number of urea groups is 1. The molecule has 1 aliphatic rings. The lowest BCUT2D eigenvalue weighted by molar-refractivity contribution is -0.0641. The van der Waals surface area contributed by atoms with E-state index in [4.69, 9.17) is 9.47 Å². The van der Waals surface area contributed by atoms with Crippen LogP contribution in [0.15, 0.2) is 42.9 Å². The Bertz CT molecular complexity index is 1140. The van der Waals surface area contributed by atoms with Gasteiger partial charge in [0.05, 0.1) is 56.0 Å². The van der Waals surface area contributed by atoms with Crippen LogP contribution in [0.2, 0.25) is 0 Å². The van der Waals surface area contributed by atoms with Gasteiger partial charge in [0.1, 0.15) is 0 Å². The molecule has 0 spiro atoms. The molecule has 10 nitrogen and oxygen atoms in total. The molecule has 10 heteroatoms. The summed E-state index contributed by atoms with van der Waals surface area (Å²) in [4.78, 5) is 23.1. The van der Waals surface area contributed by atoms with E-state index in [1.54, 1.807) is 29.1 Å². The zero-order valence-corrected chi connectivity index (χ0v) is 20.7. The summed E-state index contributed by atoms with van der Waals surface area (Å²) in [5.41, 5.74) is 4.75. The number of aromatic nitrogens is 4. The molecule has 3 heterocycles. The standard InChI is InChI=1S/C25H33N7O3/c1-17(2)35-22-15-31(16-22)25(33)27-12-20-6-5-19(11-18(20)3)23-7-8-26-24(30-23)29-21-13-28-32(14-21)9-10-34-4/h5-8,11,13-14,17,22H,9-10,12,15-16H2,1-4H3,(H,27,33)(H,26,29,30). The summed E-state index contributed by atoms with van der Waals surface area (Å²) in [7, 11) is 1.66. The molecule has 0 saturated carbocycles. The fourth-order valence-electron chi connectivity index (χ4n) is 3.86. The number of ether oxygens (including phenoxy) is 2. The van der Waals surface area contributed by atoms with E-state index in [-0.39, 0.29) is 18.2 Å². The third kappa shape index (κ3) is 6.55. The van der Waals surface area contributed by atoms with Crippen LogP contribution in [0.3, 0.4) is 0 Å². The summed E-state index contributed by atoms with van der Waals surface area (Å²) in [5.74, 6) is 0.497. The molecule has 3 aromatic rings. The first-order valence-electron chi connectivity index (χ1n) is 11.8. The molecule has 2 amide bonds. The lowest BCUT2D eigenvalue weighted by Crippen LogP contribution is -2.58. The summed E-state index contributed by atoms with van der Waals surface area (Å²) in [6.07, 6.45) is 5.67. The van der Waals surface area contributed by atoms with Gasteiger partial charge in [-0.25, -0.2) is 14.8 Å². The van der Waals surface area contributed by atoms with Crippen molar-refractivity contribution in [2.75, 3.05) is 32.1 Å². The van der Waals surface area contributed by atoms with Crippen LogP contribution in [0.1, 0.15) is 25.0 Å². The summed E-state index contributed by atoms with van der Waals surface area (Å²) in [6, 6.07) is 7.93. The number of aryl methyl sites for hydroxylation is 1. The highest BCUT2D eigenvalue weighted by molar-refractivity contribution is 5.75. The van der Waals surface area contributed by atoms with Gasteiger partial charge in [0, 0.05) is 31.6 Å². The van der Waals surface area contributed by atoms with Crippen LogP contribution in [0.25, 0.3) is 11.3 Å². The molecule has 0 unspecified atom stereocenters. The van der Waals surface area contributed by atoms with E-state index in [1.807, 2.05) is 45.2 Å². The predicted molar refractivity (Wildman–Crippen MR) is 133 cm³/mol. The van der Waals surface area contributed by atoms with Crippen LogP contribution >= 0.6 is 0 Å². The molecule has 1 fully saturated rings. The van der Waals surface area contributed by atoms with Gasteiger partial charge in [-0.05, 0) is 44.0 Å². The van der Waals surface area contributed by atoms with Crippen molar-refractivity contribution in [1.29, 1.82) is 0 Å². The van der Waals surface area contributed by atoms with Gasteiger partial charge in [-0.2, -0.15) is 5.10 Å². The second-order valence-electron chi connectivity index (χ2n) is 8.89. The molecular formula is C25H33N7O3. The number of nitrogens with one attached hydrogen (secondary N) is 2. The minimum absolute atomic E-state index is 0.0610. The highest BCUT2D eigenvalue weighted by Crippen LogP contribution is 2.23. The molecule has 2 aromatic heterocycles. The summed E-state index contributed by atoms with van der Waals surface area (Å²) in [5, 5.41) is 10.5. The number of carbonyl (C=O) groups is 1. The minimum Gasteiger partial charge on any atom is -0.383 e. The second kappa shape index (κ2) is 11.3. The van der Waals surface area contributed by atoms with Crippen molar-refractivity contribution in [3.63, 3.8) is 0 Å². The molecule has 1 aromatic carbocycles. The van der Waals surface area contributed by atoms with Gasteiger partial charge in [0.15, 0.2) is 0 Å². The molecule has 2 N–H and O–H groups in total. The summed E-state index contributed by atoms with van der Waals surface area (Å²) < 4.78 is 12.6. The van der Waals surface area contributed by atoms with Gasteiger partial charge in [-0.1, -0.05) is 12.1 Å². The van der Waals surface area contributed by atoms with Crippen molar-refractivity contribution < 1.29 is 14.3 Å². The minimum atomic E-state index is -0.0610.